The van der Waals surface area contributed by atoms with E-state index in [2.05, 4.69) is 9.71 Å². The number of hydrogen-bond acceptors (Lipinski definition) is 4. The van der Waals surface area contributed by atoms with Gasteiger partial charge in [0.15, 0.2) is 0 Å². The van der Waals surface area contributed by atoms with Crippen molar-refractivity contribution >= 4 is 26.8 Å². The van der Waals surface area contributed by atoms with Crippen LogP contribution in [0.25, 0.3) is 10.9 Å². The van der Waals surface area contributed by atoms with E-state index in [1.165, 1.54) is 18.2 Å². The lowest BCUT2D eigenvalue weighted by Gasteiger charge is -2.17. The molecule has 7 nitrogen and oxygen atoms in total. The van der Waals surface area contributed by atoms with E-state index in [1.54, 1.807) is 24.1 Å². The predicted octanol–water partition coefficient (Wildman–Crippen LogP) is 1.86. The van der Waals surface area contributed by atoms with Gasteiger partial charge >= 0.3 is 0 Å². The highest BCUT2D eigenvalue weighted by atomic mass is 32.2. The van der Waals surface area contributed by atoms with Crippen LogP contribution in [0.2, 0.25) is 0 Å². The van der Waals surface area contributed by atoms with Crippen LogP contribution in [0.15, 0.2) is 70.4 Å². The SMILES string of the molecule is CN(Cc1ccccc1)C(=O)CCNS(=O)(=O)c1ccc2[nH]c(=O)ccc2c1. The van der Waals surface area contributed by atoms with Gasteiger partial charge in [0.1, 0.15) is 0 Å². The summed E-state index contributed by atoms with van der Waals surface area (Å²) in [5.41, 5.74) is 1.32. The van der Waals surface area contributed by atoms with E-state index in [0.29, 0.717) is 17.4 Å². The van der Waals surface area contributed by atoms with E-state index < -0.39 is 10.0 Å². The summed E-state index contributed by atoms with van der Waals surface area (Å²) >= 11 is 0. The second-order valence-electron chi connectivity index (χ2n) is 6.45. The predicted molar refractivity (Wildman–Crippen MR) is 107 cm³/mol. The Kier molecular flexibility index (Phi) is 5.91. The van der Waals surface area contributed by atoms with Gasteiger partial charge in [-0.15, -0.1) is 0 Å². The molecule has 0 atom stereocenters. The molecule has 2 N–H and O–H groups in total. The second kappa shape index (κ2) is 8.37. The number of carbonyl (C=O) groups excluding carboxylic acids is 1. The molecule has 0 spiro atoms. The third-order valence-electron chi connectivity index (χ3n) is 4.32. The van der Waals surface area contributed by atoms with Crippen LogP contribution in [-0.2, 0) is 21.4 Å². The van der Waals surface area contributed by atoms with Crippen molar-refractivity contribution in [2.75, 3.05) is 13.6 Å². The van der Waals surface area contributed by atoms with Gasteiger partial charge in [0.2, 0.25) is 21.5 Å². The number of H-pyrrole nitrogens is 1. The fourth-order valence-electron chi connectivity index (χ4n) is 2.81. The molecule has 3 aromatic rings. The zero-order valence-corrected chi connectivity index (χ0v) is 16.2. The van der Waals surface area contributed by atoms with Crippen LogP contribution in [0, 0.1) is 0 Å². The van der Waals surface area contributed by atoms with E-state index in [0.717, 1.165) is 5.56 Å². The molecular formula is C20H21N3O4S. The first-order chi connectivity index (χ1) is 13.3. The Morgan fingerprint density at radius 2 is 1.82 bits per heavy atom. The Morgan fingerprint density at radius 1 is 1.07 bits per heavy atom. The Morgan fingerprint density at radius 3 is 2.57 bits per heavy atom. The largest absolute Gasteiger partial charge is 0.341 e. The Balaban J connectivity index is 1.59. The summed E-state index contributed by atoms with van der Waals surface area (Å²) in [6.45, 7) is 0.471. The van der Waals surface area contributed by atoms with Gasteiger partial charge < -0.3 is 9.88 Å². The molecule has 0 aliphatic heterocycles. The van der Waals surface area contributed by atoms with Crippen molar-refractivity contribution in [2.45, 2.75) is 17.9 Å². The van der Waals surface area contributed by atoms with Gasteiger partial charge in [-0.05, 0) is 35.2 Å². The van der Waals surface area contributed by atoms with Crippen LogP contribution in [0.4, 0.5) is 0 Å². The highest BCUT2D eigenvalue weighted by molar-refractivity contribution is 7.89. The first kappa shape index (κ1) is 19.8. The number of benzene rings is 2. The summed E-state index contributed by atoms with van der Waals surface area (Å²) in [5.74, 6) is -0.150. The number of amides is 1. The van der Waals surface area contributed by atoms with E-state index in [9.17, 15) is 18.0 Å². The van der Waals surface area contributed by atoms with Crippen LogP contribution in [0.5, 0.6) is 0 Å². The van der Waals surface area contributed by atoms with E-state index in [-0.39, 0.29) is 29.3 Å². The summed E-state index contributed by atoms with van der Waals surface area (Å²) in [5, 5.41) is 0.612. The number of aromatic amines is 1. The van der Waals surface area contributed by atoms with Crippen molar-refractivity contribution in [2.24, 2.45) is 0 Å². The molecule has 0 radical (unpaired) electrons. The van der Waals surface area contributed by atoms with Crippen LogP contribution < -0.4 is 10.3 Å². The molecule has 0 saturated heterocycles. The lowest BCUT2D eigenvalue weighted by atomic mass is 10.2. The fraction of sp³-hybridized carbons (Fsp3) is 0.200. The molecule has 0 unspecified atom stereocenters. The molecule has 1 aromatic heterocycles. The van der Waals surface area contributed by atoms with Crippen molar-refractivity contribution in [1.82, 2.24) is 14.6 Å². The number of sulfonamides is 1. The first-order valence-electron chi connectivity index (χ1n) is 8.76. The standard InChI is InChI=1S/C20H21N3O4S/c1-23(14-15-5-3-2-4-6-15)20(25)11-12-21-28(26,27)17-8-9-18-16(13-17)7-10-19(24)22-18/h2-10,13,21H,11-12,14H2,1H3,(H,22,24). The molecule has 1 heterocycles. The summed E-state index contributed by atoms with van der Waals surface area (Å²) in [4.78, 5) is 27.8. The van der Waals surface area contributed by atoms with Gasteiger partial charge in [-0.3, -0.25) is 9.59 Å². The van der Waals surface area contributed by atoms with Gasteiger partial charge in [0, 0.05) is 38.1 Å². The van der Waals surface area contributed by atoms with Gasteiger partial charge in [-0.1, -0.05) is 30.3 Å². The van der Waals surface area contributed by atoms with E-state index in [1.807, 2.05) is 30.3 Å². The maximum atomic E-state index is 12.5. The minimum Gasteiger partial charge on any atom is -0.341 e. The van der Waals surface area contributed by atoms with Gasteiger partial charge in [0.05, 0.1) is 4.90 Å². The molecule has 8 heteroatoms. The molecule has 1 amide bonds. The Bertz CT molecular complexity index is 1140. The third-order valence-corrected chi connectivity index (χ3v) is 5.78. The number of hydrogen-bond donors (Lipinski definition) is 2. The number of nitrogens with one attached hydrogen (secondary N) is 2. The molecule has 146 valence electrons. The van der Waals surface area contributed by atoms with Crippen molar-refractivity contribution in [3.05, 3.63) is 76.6 Å². The molecule has 3 rings (SSSR count). The van der Waals surface area contributed by atoms with Gasteiger partial charge in [0.25, 0.3) is 0 Å². The smallest absolute Gasteiger partial charge is 0.248 e. The van der Waals surface area contributed by atoms with Crippen molar-refractivity contribution in [3.8, 4) is 0 Å². The topological polar surface area (TPSA) is 99.3 Å². The number of rotatable bonds is 7. The normalized spacial score (nSPS) is 11.5. The van der Waals surface area contributed by atoms with Crippen molar-refractivity contribution < 1.29 is 13.2 Å². The Labute approximate surface area is 163 Å². The summed E-state index contributed by atoms with van der Waals surface area (Å²) in [7, 11) is -2.07. The lowest BCUT2D eigenvalue weighted by Crippen LogP contribution is -2.31. The molecule has 0 saturated carbocycles. The maximum Gasteiger partial charge on any atom is 0.248 e. The second-order valence-corrected chi connectivity index (χ2v) is 8.22. The van der Waals surface area contributed by atoms with E-state index >= 15 is 0 Å². The average Bonchev–Trinajstić information content (AvgIpc) is 2.68. The fourth-order valence-corrected chi connectivity index (χ4v) is 3.88. The van der Waals surface area contributed by atoms with Gasteiger partial charge in [-0.2, -0.15) is 0 Å². The molecule has 0 aliphatic carbocycles. The van der Waals surface area contributed by atoms with Crippen LogP contribution in [0.1, 0.15) is 12.0 Å². The molecule has 2 aromatic carbocycles. The quantitative estimate of drug-likeness (QED) is 0.633. The number of fused-ring (bicyclic) bond motifs is 1. The average molecular weight is 399 g/mol. The molecule has 0 aliphatic rings. The maximum absolute atomic E-state index is 12.5. The third kappa shape index (κ3) is 4.85. The zero-order chi connectivity index (χ0) is 20.1. The van der Waals surface area contributed by atoms with Gasteiger partial charge in [-0.25, -0.2) is 13.1 Å². The molecule has 28 heavy (non-hydrogen) atoms. The monoisotopic (exact) mass is 399 g/mol. The van der Waals surface area contributed by atoms with Crippen molar-refractivity contribution in [1.29, 1.82) is 0 Å². The first-order valence-corrected chi connectivity index (χ1v) is 10.2. The van der Waals surface area contributed by atoms with Crippen molar-refractivity contribution in [3.63, 3.8) is 0 Å². The highest BCUT2D eigenvalue weighted by Crippen LogP contribution is 2.16. The highest BCUT2D eigenvalue weighted by Gasteiger charge is 2.16. The number of carbonyl (C=O) groups is 1. The zero-order valence-electron chi connectivity index (χ0n) is 15.4. The summed E-state index contributed by atoms with van der Waals surface area (Å²) in [6, 6.07) is 16.9. The summed E-state index contributed by atoms with van der Waals surface area (Å²) < 4.78 is 27.4. The van der Waals surface area contributed by atoms with Crippen LogP contribution >= 0.6 is 0 Å². The Hall–Kier alpha value is -2.97. The minimum absolute atomic E-state index is 0.00392. The number of aromatic nitrogens is 1. The summed E-state index contributed by atoms with van der Waals surface area (Å²) in [6.07, 6.45) is 0.0590. The van der Waals surface area contributed by atoms with Crippen LogP contribution in [0.3, 0.4) is 0 Å². The lowest BCUT2D eigenvalue weighted by molar-refractivity contribution is -0.130. The van der Waals surface area contributed by atoms with E-state index in [4.69, 9.17) is 0 Å². The van der Waals surface area contributed by atoms with Crippen LogP contribution in [-0.4, -0.2) is 37.8 Å². The number of pyridine rings is 1. The molecule has 0 bridgehead atoms. The molecular weight excluding hydrogens is 378 g/mol. The minimum atomic E-state index is -3.75. The number of nitrogens with zero attached hydrogens (tertiary/aromatic N) is 1. The molecule has 0 fully saturated rings.